The molecular weight excluding hydrogens is 202 g/mol. The highest BCUT2D eigenvalue weighted by Gasteiger charge is 1.98. The molecule has 0 aliphatic rings. The van der Waals surface area contributed by atoms with Gasteiger partial charge in [-0.3, -0.25) is 4.79 Å². The van der Waals surface area contributed by atoms with Crippen LogP contribution in [0.25, 0.3) is 0 Å². The van der Waals surface area contributed by atoms with Crippen LogP contribution >= 0.6 is 0 Å². The molecular formula is C13H11NO2. The standard InChI is InChI=1S/C13H11NO2/c1-2-16-13(15)9-5-8-11-6-3-4-7-12(11)10-14/h3-4,6-7H,2,9H2,1H3. The van der Waals surface area contributed by atoms with Crippen molar-refractivity contribution in [1.29, 1.82) is 5.26 Å². The van der Waals surface area contributed by atoms with Gasteiger partial charge in [0.05, 0.1) is 12.2 Å². The fourth-order valence-corrected chi connectivity index (χ4v) is 1.11. The Morgan fingerprint density at radius 2 is 2.06 bits per heavy atom. The van der Waals surface area contributed by atoms with Gasteiger partial charge in [-0.25, -0.2) is 0 Å². The topological polar surface area (TPSA) is 50.1 Å². The number of hydrogen-bond donors (Lipinski definition) is 0. The number of benzene rings is 1. The zero-order valence-electron chi connectivity index (χ0n) is 8.99. The summed E-state index contributed by atoms with van der Waals surface area (Å²) in [5, 5.41) is 8.80. The van der Waals surface area contributed by atoms with Crippen molar-refractivity contribution >= 4 is 5.97 Å². The predicted molar refractivity (Wildman–Crippen MR) is 59.3 cm³/mol. The summed E-state index contributed by atoms with van der Waals surface area (Å²) < 4.78 is 4.73. The molecule has 0 aliphatic carbocycles. The summed E-state index contributed by atoms with van der Waals surface area (Å²) in [7, 11) is 0. The van der Waals surface area contributed by atoms with Crippen LogP contribution in [-0.2, 0) is 9.53 Å². The highest BCUT2D eigenvalue weighted by molar-refractivity contribution is 5.72. The third-order valence-corrected chi connectivity index (χ3v) is 1.81. The van der Waals surface area contributed by atoms with E-state index in [1.807, 2.05) is 6.07 Å². The van der Waals surface area contributed by atoms with Crippen LogP contribution in [0.4, 0.5) is 0 Å². The summed E-state index contributed by atoms with van der Waals surface area (Å²) >= 11 is 0. The number of carbonyl (C=O) groups excluding carboxylic acids is 1. The van der Waals surface area contributed by atoms with E-state index in [0.29, 0.717) is 17.7 Å². The molecule has 0 atom stereocenters. The number of nitriles is 1. The van der Waals surface area contributed by atoms with Crippen molar-refractivity contribution < 1.29 is 9.53 Å². The number of esters is 1. The summed E-state index contributed by atoms with van der Waals surface area (Å²) in [6.45, 7) is 2.10. The molecule has 0 aromatic heterocycles. The predicted octanol–water partition coefficient (Wildman–Crippen LogP) is 1.86. The first-order valence-electron chi connectivity index (χ1n) is 4.91. The Balaban J connectivity index is 2.70. The van der Waals surface area contributed by atoms with Crippen molar-refractivity contribution in [3.05, 3.63) is 35.4 Å². The summed E-state index contributed by atoms with van der Waals surface area (Å²) in [6, 6.07) is 9.05. The molecule has 1 aromatic carbocycles. The molecule has 0 saturated heterocycles. The lowest BCUT2D eigenvalue weighted by molar-refractivity contribution is -0.141. The smallest absolute Gasteiger partial charge is 0.317 e. The van der Waals surface area contributed by atoms with Gasteiger partial charge in [-0.1, -0.05) is 24.0 Å². The fourth-order valence-electron chi connectivity index (χ4n) is 1.11. The van der Waals surface area contributed by atoms with Gasteiger partial charge in [-0.05, 0) is 19.1 Å². The van der Waals surface area contributed by atoms with Crippen molar-refractivity contribution in [2.75, 3.05) is 6.61 Å². The Labute approximate surface area is 94.7 Å². The molecule has 0 fully saturated rings. The van der Waals surface area contributed by atoms with E-state index in [-0.39, 0.29) is 12.4 Å². The summed E-state index contributed by atoms with van der Waals surface area (Å²) in [6.07, 6.45) is 0.0492. The number of ether oxygens (including phenoxy) is 1. The van der Waals surface area contributed by atoms with Crippen LogP contribution in [0.3, 0.4) is 0 Å². The van der Waals surface area contributed by atoms with Crippen LogP contribution in [0.2, 0.25) is 0 Å². The molecule has 1 rings (SSSR count). The van der Waals surface area contributed by atoms with E-state index >= 15 is 0 Å². The third-order valence-electron chi connectivity index (χ3n) is 1.81. The van der Waals surface area contributed by atoms with Gasteiger partial charge in [0.2, 0.25) is 0 Å². The minimum Gasteiger partial charge on any atom is -0.465 e. The lowest BCUT2D eigenvalue weighted by Gasteiger charge is -1.95. The molecule has 3 heteroatoms. The van der Waals surface area contributed by atoms with Gasteiger partial charge in [-0.15, -0.1) is 0 Å². The van der Waals surface area contributed by atoms with Gasteiger partial charge in [0.15, 0.2) is 0 Å². The van der Waals surface area contributed by atoms with Crippen molar-refractivity contribution in [2.45, 2.75) is 13.3 Å². The van der Waals surface area contributed by atoms with Crippen molar-refractivity contribution in [2.24, 2.45) is 0 Å². The number of rotatable bonds is 2. The molecule has 16 heavy (non-hydrogen) atoms. The zero-order valence-corrected chi connectivity index (χ0v) is 8.99. The summed E-state index contributed by atoms with van der Waals surface area (Å²) in [5.74, 6) is 5.12. The molecule has 0 N–H and O–H groups in total. The summed E-state index contributed by atoms with van der Waals surface area (Å²) in [4.78, 5) is 11.0. The van der Waals surface area contributed by atoms with Crippen LogP contribution in [-0.4, -0.2) is 12.6 Å². The van der Waals surface area contributed by atoms with E-state index in [2.05, 4.69) is 11.8 Å². The van der Waals surface area contributed by atoms with Gasteiger partial charge in [0.1, 0.15) is 12.5 Å². The molecule has 0 bridgehead atoms. The quantitative estimate of drug-likeness (QED) is 0.556. The average Bonchev–Trinajstić information content (AvgIpc) is 2.30. The normalized spacial score (nSPS) is 8.50. The Kier molecular flexibility index (Phi) is 4.63. The lowest BCUT2D eigenvalue weighted by atomic mass is 10.1. The Morgan fingerprint density at radius 3 is 2.69 bits per heavy atom. The summed E-state index contributed by atoms with van der Waals surface area (Å²) in [5.41, 5.74) is 1.15. The molecule has 0 unspecified atom stereocenters. The second-order valence-corrected chi connectivity index (χ2v) is 2.94. The molecule has 0 spiro atoms. The zero-order chi connectivity index (χ0) is 11.8. The lowest BCUT2D eigenvalue weighted by Crippen LogP contribution is -2.01. The van der Waals surface area contributed by atoms with Gasteiger partial charge in [0.25, 0.3) is 0 Å². The SMILES string of the molecule is CCOC(=O)CC#Cc1ccccc1C#N. The highest BCUT2D eigenvalue weighted by atomic mass is 16.5. The van der Waals surface area contributed by atoms with Crippen LogP contribution in [0.5, 0.6) is 0 Å². The molecule has 0 amide bonds. The monoisotopic (exact) mass is 213 g/mol. The van der Waals surface area contributed by atoms with Crippen LogP contribution in [0.1, 0.15) is 24.5 Å². The Bertz CT molecular complexity index is 475. The first-order valence-corrected chi connectivity index (χ1v) is 4.91. The van der Waals surface area contributed by atoms with Crippen LogP contribution < -0.4 is 0 Å². The van der Waals surface area contributed by atoms with Crippen LogP contribution in [0.15, 0.2) is 24.3 Å². The van der Waals surface area contributed by atoms with Gasteiger partial charge < -0.3 is 4.74 Å². The first-order chi connectivity index (χ1) is 7.77. The molecule has 1 aromatic rings. The van der Waals surface area contributed by atoms with Crippen molar-refractivity contribution in [1.82, 2.24) is 0 Å². The second kappa shape index (κ2) is 6.27. The number of carbonyl (C=O) groups is 1. The minimum atomic E-state index is -0.343. The highest BCUT2D eigenvalue weighted by Crippen LogP contribution is 2.04. The molecule has 0 radical (unpaired) electrons. The van der Waals surface area contributed by atoms with E-state index < -0.39 is 0 Å². The number of hydrogen-bond acceptors (Lipinski definition) is 3. The largest absolute Gasteiger partial charge is 0.465 e. The first kappa shape index (κ1) is 11.8. The Morgan fingerprint density at radius 1 is 1.38 bits per heavy atom. The molecule has 0 heterocycles. The van der Waals surface area contributed by atoms with Crippen LogP contribution in [0, 0.1) is 23.2 Å². The van der Waals surface area contributed by atoms with E-state index in [4.69, 9.17) is 10.00 Å². The van der Waals surface area contributed by atoms with Crippen molar-refractivity contribution in [3.8, 4) is 17.9 Å². The average molecular weight is 213 g/mol. The fraction of sp³-hybridized carbons (Fsp3) is 0.231. The molecule has 0 aliphatic heterocycles. The van der Waals surface area contributed by atoms with E-state index in [9.17, 15) is 4.79 Å². The van der Waals surface area contributed by atoms with Gasteiger partial charge >= 0.3 is 5.97 Å². The second-order valence-electron chi connectivity index (χ2n) is 2.94. The van der Waals surface area contributed by atoms with Crippen molar-refractivity contribution in [3.63, 3.8) is 0 Å². The molecule has 80 valence electrons. The van der Waals surface area contributed by atoms with Gasteiger partial charge in [0, 0.05) is 5.56 Å². The van der Waals surface area contributed by atoms with Gasteiger partial charge in [-0.2, -0.15) is 5.26 Å². The maximum Gasteiger partial charge on any atom is 0.317 e. The van der Waals surface area contributed by atoms with E-state index in [1.54, 1.807) is 31.2 Å². The molecule has 3 nitrogen and oxygen atoms in total. The number of nitrogens with zero attached hydrogens (tertiary/aromatic N) is 1. The maximum absolute atomic E-state index is 11.0. The van der Waals surface area contributed by atoms with E-state index in [0.717, 1.165) is 0 Å². The maximum atomic E-state index is 11.0. The Hall–Kier alpha value is -2.26. The molecule has 0 saturated carbocycles. The third kappa shape index (κ3) is 3.48. The van der Waals surface area contributed by atoms with E-state index in [1.165, 1.54) is 0 Å². The minimum absolute atomic E-state index is 0.0492.